The lowest BCUT2D eigenvalue weighted by Gasteiger charge is -2.65. The molecule has 6 atom stereocenters. The van der Waals surface area contributed by atoms with E-state index in [0.29, 0.717) is 11.8 Å². The van der Waals surface area contributed by atoms with Crippen LogP contribution in [0.4, 0.5) is 0 Å². The van der Waals surface area contributed by atoms with Crippen molar-refractivity contribution in [3.8, 4) is 0 Å². The zero-order valence-corrected chi connectivity index (χ0v) is 26.6. The third-order valence-corrected chi connectivity index (χ3v) is 13.9. The molecule has 1 aromatic heterocycles. The van der Waals surface area contributed by atoms with Crippen molar-refractivity contribution >= 4 is 11.3 Å². The number of rotatable bonds is 9. The highest BCUT2D eigenvalue weighted by Gasteiger charge is 2.70. The first-order valence-corrected chi connectivity index (χ1v) is 18.0. The van der Waals surface area contributed by atoms with Crippen LogP contribution in [-0.2, 0) is 9.47 Å². The number of nitrogens with zero attached hydrogens (tertiary/aromatic N) is 2. The fourth-order valence-electron chi connectivity index (χ4n) is 10.9. The summed E-state index contributed by atoms with van der Waals surface area (Å²) in [6.07, 6.45) is 16.3. The summed E-state index contributed by atoms with van der Waals surface area (Å²) in [6.45, 7) is 13.2. The summed E-state index contributed by atoms with van der Waals surface area (Å²) >= 11 is 1.80. The van der Waals surface area contributed by atoms with Crippen LogP contribution in [0.2, 0.25) is 0 Å². The van der Waals surface area contributed by atoms with Gasteiger partial charge in [-0.15, -0.1) is 0 Å². The van der Waals surface area contributed by atoms with Gasteiger partial charge in [0.15, 0.2) is 5.79 Å². The van der Waals surface area contributed by atoms with Crippen LogP contribution >= 0.6 is 11.3 Å². The van der Waals surface area contributed by atoms with Gasteiger partial charge >= 0.3 is 0 Å². The number of ether oxygens (including phenoxy) is 2. The molecule has 0 radical (unpaired) electrons. The lowest BCUT2D eigenvalue weighted by Crippen LogP contribution is -2.66. The number of allylic oxidation sites excluding steroid dienone is 1. The molecule has 0 aromatic carbocycles. The van der Waals surface area contributed by atoms with Crippen molar-refractivity contribution < 1.29 is 14.6 Å². The summed E-state index contributed by atoms with van der Waals surface area (Å²) in [7, 11) is 0. The van der Waals surface area contributed by atoms with Crippen LogP contribution in [0.15, 0.2) is 28.5 Å². The van der Waals surface area contributed by atoms with E-state index >= 15 is 0 Å². The Balaban J connectivity index is 1.19. The first-order valence-electron chi connectivity index (χ1n) is 17.1. The van der Waals surface area contributed by atoms with E-state index in [1.165, 1.54) is 57.4 Å². The van der Waals surface area contributed by atoms with E-state index in [0.717, 1.165) is 77.7 Å². The first kappa shape index (κ1) is 29.0. The Hall–Kier alpha value is -0.760. The Morgan fingerprint density at radius 1 is 0.878 bits per heavy atom. The van der Waals surface area contributed by atoms with Crippen molar-refractivity contribution in [1.29, 1.82) is 0 Å². The van der Waals surface area contributed by atoms with Crippen molar-refractivity contribution in [3.63, 3.8) is 0 Å². The molecule has 3 heterocycles. The van der Waals surface area contributed by atoms with E-state index in [4.69, 9.17) is 9.47 Å². The van der Waals surface area contributed by atoms with Gasteiger partial charge in [0.05, 0.1) is 18.8 Å². The van der Waals surface area contributed by atoms with E-state index in [1.807, 2.05) is 0 Å². The van der Waals surface area contributed by atoms with Gasteiger partial charge in [0.2, 0.25) is 0 Å². The molecule has 5 fully saturated rings. The van der Waals surface area contributed by atoms with Gasteiger partial charge in [-0.2, -0.15) is 11.3 Å². The summed E-state index contributed by atoms with van der Waals surface area (Å²) in [4.78, 5) is 5.14. The topological polar surface area (TPSA) is 45.2 Å². The van der Waals surface area contributed by atoms with Crippen molar-refractivity contribution in [2.75, 3.05) is 52.5 Å². The average molecular weight is 583 g/mol. The molecule has 2 aliphatic heterocycles. The van der Waals surface area contributed by atoms with E-state index in [1.54, 1.807) is 16.9 Å². The quantitative estimate of drug-likeness (QED) is 0.255. The summed E-state index contributed by atoms with van der Waals surface area (Å²) in [6, 6.07) is 2.31. The molecular weight excluding hydrogens is 528 g/mol. The molecule has 0 spiro atoms. The second kappa shape index (κ2) is 11.3. The van der Waals surface area contributed by atoms with E-state index in [-0.39, 0.29) is 16.7 Å². The molecule has 228 valence electrons. The maximum absolute atomic E-state index is 12.8. The molecule has 0 bridgehead atoms. The molecule has 6 heteroatoms. The number of thiophene rings is 1. The summed E-state index contributed by atoms with van der Waals surface area (Å²) < 4.78 is 14.3. The SMILES string of the molecule is C[C@]12C(=CC[C@@H]3[C@@H]1CC[C@]1(C)[C@H](c4ccsc4)CC[C@]31O)CCCC2(OCCN1CCCC1)OCCN1CCCC1. The molecule has 6 aliphatic rings. The van der Waals surface area contributed by atoms with Crippen LogP contribution in [0.1, 0.15) is 102 Å². The normalized spacial score (nSPS) is 40.8. The number of hydrogen-bond donors (Lipinski definition) is 1. The number of aliphatic hydroxyl groups is 1. The lowest BCUT2D eigenvalue weighted by molar-refractivity contribution is -0.325. The molecule has 0 unspecified atom stereocenters. The van der Waals surface area contributed by atoms with Gasteiger partial charge in [-0.1, -0.05) is 25.5 Å². The fourth-order valence-corrected chi connectivity index (χ4v) is 11.6. The van der Waals surface area contributed by atoms with E-state index in [9.17, 15) is 5.11 Å². The van der Waals surface area contributed by atoms with Gasteiger partial charge in [0.25, 0.3) is 0 Å². The van der Waals surface area contributed by atoms with Crippen LogP contribution in [0.3, 0.4) is 0 Å². The minimum absolute atomic E-state index is 0.0680. The van der Waals surface area contributed by atoms with Gasteiger partial charge in [0, 0.05) is 30.3 Å². The largest absolute Gasteiger partial charge is 0.389 e. The predicted octanol–water partition coefficient (Wildman–Crippen LogP) is 6.83. The van der Waals surface area contributed by atoms with Crippen molar-refractivity contribution in [3.05, 3.63) is 34.0 Å². The third-order valence-electron chi connectivity index (χ3n) is 13.2. The molecule has 3 saturated carbocycles. The van der Waals surface area contributed by atoms with Crippen LogP contribution in [0.5, 0.6) is 0 Å². The highest BCUT2D eigenvalue weighted by atomic mass is 32.1. The predicted molar refractivity (Wildman–Crippen MR) is 166 cm³/mol. The molecule has 5 nitrogen and oxygen atoms in total. The van der Waals surface area contributed by atoms with Crippen LogP contribution in [-0.4, -0.2) is 78.8 Å². The van der Waals surface area contributed by atoms with E-state index < -0.39 is 11.4 Å². The van der Waals surface area contributed by atoms with Crippen LogP contribution < -0.4 is 0 Å². The molecule has 4 aliphatic carbocycles. The Labute approximate surface area is 252 Å². The Morgan fingerprint density at radius 2 is 1.56 bits per heavy atom. The highest BCUT2D eigenvalue weighted by Crippen LogP contribution is 2.71. The average Bonchev–Trinajstić information content (AvgIpc) is 3.78. The van der Waals surface area contributed by atoms with Gasteiger partial charge in [0.1, 0.15) is 0 Å². The Morgan fingerprint density at radius 3 is 2.20 bits per heavy atom. The minimum Gasteiger partial charge on any atom is -0.389 e. The van der Waals surface area contributed by atoms with Crippen molar-refractivity contribution in [1.82, 2.24) is 9.80 Å². The van der Waals surface area contributed by atoms with Gasteiger partial charge in [-0.3, -0.25) is 0 Å². The number of likely N-dealkylation sites (tertiary alicyclic amines) is 2. The Bertz CT molecular complexity index is 1060. The maximum atomic E-state index is 12.8. The van der Waals surface area contributed by atoms with Gasteiger partial charge in [-0.25, -0.2) is 0 Å². The summed E-state index contributed by atoms with van der Waals surface area (Å²) in [5, 5.41) is 17.4. The van der Waals surface area contributed by atoms with E-state index in [2.05, 4.69) is 46.5 Å². The summed E-state index contributed by atoms with van der Waals surface area (Å²) in [5.41, 5.74) is 2.12. The molecule has 1 aromatic rings. The first-order chi connectivity index (χ1) is 19.9. The Kier molecular flexibility index (Phi) is 7.99. The van der Waals surface area contributed by atoms with Crippen molar-refractivity contribution in [2.45, 2.75) is 108 Å². The second-order valence-corrected chi connectivity index (χ2v) is 15.6. The highest BCUT2D eigenvalue weighted by molar-refractivity contribution is 7.08. The number of fused-ring (bicyclic) bond motifs is 5. The van der Waals surface area contributed by atoms with Gasteiger partial charge < -0.3 is 24.4 Å². The molecular formula is C35H54N2O3S. The number of hydrogen-bond acceptors (Lipinski definition) is 6. The smallest absolute Gasteiger partial charge is 0.177 e. The lowest BCUT2D eigenvalue weighted by atomic mass is 9.44. The molecule has 41 heavy (non-hydrogen) atoms. The standard InChI is InChI=1S/C35H54N2O3S/c1-32-15-11-30-31(34(32,38)16-12-29(32)27-13-25-41-26-27)10-9-28-8-7-14-35(33(28,30)2,39-23-21-36-17-3-4-18-36)40-24-22-37-19-5-6-20-37/h9,13,25-26,29-31,38H,3-8,10-12,14-24H2,1-2H3/t29-,30-,31+,32+,33-,34-/m0/s1. The summed E-state index contributed by atoms with van der Waals surface area (Å²) in [5.74, 6) is 0.513. The zero-order valence-electron chi connectivity index (χ0n) is 25.7. The van der Waals surface area contributed by atoms with Crippen LogP contribution in [0.25, 0.3) is 0 Å². The fraction of sp³-hybridized carbons (Fsp3) is 0.829. The molecule has 7 rings (SSSR count). The maximum Gasteiger partial charge on any atom is 0.177 e. The van der Waals surface area contributed by atoms with Gasteiger partial charge in [-0.05, 0) is 137 Å². The third kappa shape index (κ3) is 4.64. The zero-order chi connectivity index (χ0) is 28.1. The minimum atomic E-state index is -0.637. The van der Waals surface area contributed by atoms with Crippen LogP contribution in [0, 0.1) is 22.7 Å². The molecule has 0 amide bonds. The monoisotopic (exact) mass is 582 g/mol. The second-order valence-electron chi connectivity index (χ2n) is 14.8. The molecule has 2 saturated heterocycles. The van der Waals surface area contributed by atoms with Crippen molar-refractivity contribution in [2.24, 2.45) is 22.7 Å². The molecule has 1 N–H and O–H groups in total.